The lowest BCUT2D eigenvalue weighted by Crippen LogP contribution is -2.46. The zero-order valence-electron chi connectivity index (χ0n) is 48.7. The Balaban J connectivity index is 1.77. The normalized spacial score (nSPS) is 16.8. The number of urea groups is 1. The molecule has 0 saturated carbocycles. The molecule has 0 fully saturated rings. The minimum absolute atomic E-state index is 0.0376. The van der Waals surface area contributed by atoms with Crippen molar-refractivity contribution in [3.63, 3.8) is 0 Å². The van der Waals surface area contributed by atoms with E-state index in [0.717, 1.165) is 33.4 Å². The third-order valence-corrected chi connectivity index (χ3v) is 22.4. The minimum atomic E-state index is -4.22. The fourth-order valence-corrected chi connectivity index (χ4v) is 17.1. The van der Waals surface area contributed by atoms with Crippen molar-refractivity contribution >= 4 is 50.6 Å². The van der Waals surface area contributed by atoms with Gasteiger partial charge in [0.1, 0.15) is 0 Å². The number of hydrogen-bond acceptors (Lipinski definition) is 10. The number of hydrogen-bond donors (Lipinski definition) is 2. The van der Waals surface area contributed by atoms with E-state index in [4.69, 9.17) is 13.3 Å². The number of anilines is 1. The Morgan fingerprint density at radius 3 is 1.09 bits per heavy atom. The van der Waals surface area contributed by atoms with Crippen molar-refractivity contribution in [3.8, 4) is 0 Å². The molecule has 0 bridgehead atoms. The van der Waals surface area contributed by atoms with Crippen LogP contribution in [0.4, 0.5) is 10.5 Å². The number of nitrogens with one attached hydrogen (secondary N) is 2. The second-order valence-electron chi connectivity index (χ2n) is 21.4. The molecule has 0 atom stereocenters. The molecule has 0 radical (unpaired) electrons. The van der Waals surface area contributed by atoms with Crippen LogP contribution in [0.5, 0.6) is 0 Å². The van der Waals surface area contributed by atoms with Gasteiger partial charge in [-0.15, -0.1) is 0 Å². The third-order valence-electron chi connectivity index (χ3n) is 13.5. The predicted octanol–water partition coefficient (Wildman–Crippen LogP) is 12.0. The van der Waals surface area contributed by atoms with Gasteiger partial charge in [-0.3, -0.25) is 0 Å². The standard InChI is InChI=1S/C58H91N5O10S3Si/c1-16-71-77(72-17-2,73-18-3)37-25-30-59-58(64)60-50-26-28-51(29-27-50)74(65,66)61-31-19-21-33-62(75(67,68)56-52(44(8)9)38-48(42(4)5)39-53(56)45(10)11)35-23-24-36-63(34-22-20-32-61)76(69,70)57-54(46(12)13)40-49(43(6)7)41-55(57)47(14)15/h19-24,26-29,38-47H,16-18,25,30-37H2,1-15H3,(H2,59,60,64)/b21-19+,22-20+,24-23+. The van der Waals surface area contributed by atoms with E-state index in [0.29, 0.717) is 44.5 Å². The Morgan fingerprint density at radius 2 is 0.805 bits per heavy atom. The number of nitrogens with zero attached hydrogens (tertiary/aromatic N) is 3. The first-order valence-corrected chi connectivity index (χ1v) is 33.8. The molecule has 1 aliphatic heterocycles. The summed E-state index contributed by atoms with van der Waals surface area (Å²) < 4.78 is 112. The van der Waals surface area contributed by atoms with E-state index in [2.05, 4.69) is 38.3 Å². The number of rotatable bonds is 23. The Kier molecular flexibility index (Phi) is 25.0. The summed E-state index contributed by atoms with van der Waals surface area (Å²) in [5, 5.41) is 5.60. The summed E-state index contributed by atoms with van der Waals surface area (Å²) in [5.74, 6) is -0.150. The first-order chi connectivity index (χ1) is 36.2. The number of sulfonamides is 3. The summed E-state index contributed by atoms with van der Waals surface area (Å²) in [6, 6.07) is 13.9. The molecule has 2 amide bonds. The Labute approximate surface area is 465 Å². The van der Waals surface area contributed by atoms with Gasteiger partial charge >= 0.3 is 14.8 Å². The molecule has 0 unspecified atom stereocenters. The van der Waals surface area contributed by atoms with Gasteiger partial charge in [0.05, 0.1) is 14.7 Å². The topological polar surface area (TPSA) is 181 Å². The highest BCUT2D eigenvalue weighted by atomic mass is 32.2. The van der Waals surface area contributed by atoms with Crippen LogP contribution in [-0.4, -0.2) is 119 Å². The van der Waals surface area contributed by atoms with E-state index in [9.17, 15) is 13.2 Å². The molecule has 0 saturated heterocycles. The molecule has 0 aliphatic carbocycles. The van der Waals surface area contributed by atoms with Gasteiger partial charge in [0.2, 0.25) is 30.1 Å². The Hall–Kier alpha value is -4.02. The summed E-state index contributed by atoms with van der Waals surface area (Å²) in [7, 11) is -15.5. The van der Waals surface area contributed by atoms with Gasteiger partial charge in [-0.05, 0) is 120 Å². The zero-order chi connectivity index (χ0) is 57.5. The highest BCUT2D eigenvalue weighted by Gasteiger charge is 2.40. The van der Waals surface area contributed by atoms with Crippen molar-refractivity contribution in [3.05, 3.63) is 118 Å². The summed E-state index contributed by atoms with van der Waals surface area (Å²) in [6.07, 6.45) is 10.6. The van der Waals surface area contributed by atoms with Crippen molar-refractivity contribution in [2.24, 2.45) is 0 Å². The molecule has 3 aromatic carbocycles. The van der Waals surface area contributed by atoms with Gasteiger partial charge in [0.25, 0.3) is 0 Å². The van der Waals surface area contributed by atoms with Crippen LogP contribution in [0.15, 0.2) is 99.7 Å². The molecule has 0 spiro atoms. The van der Waals surface area contributed by atoms with E-state index in [-0.39, 0.29) is 89.5 Å². The van der Waals surface area contributed by atoms with Crippen LogP contribution in [-0.2, 0) is 43.3 Å². The van der Waals surface area contributed by atoms with Crippen LogP contribution < -0.4 is 10.6 Å². The van der Waals surface area contributed by atoms with Crippen LogP contribution in [0.3, 0.4) is 0 Å². The van der Waals surface area contributed by atoms with E-state index >= 15 is 16.8 Å². The lowest BCUT2D eigenvalue weighted by Gasteiger charge is -2.28. The molecule has 0 aromatic heterocycles. The van der Waals surface area contributed by atoms with Gasteiger partial charge in [0.15, 0.2) is 0 Å². The van der Waals surface area contributed by atoms with Crippen molar-refractivity contribution < 1.29 is 43.3 Å². The fourth-order valence-electron chi connectivity index (χ4n) is 9.14. The molecular formula is C58H91N5O10S3Si. The van der Waals surface area contributed by atoms with Crippen LogP contribution in [0.1, 0.15) is 179 Å². The van der Waals surface area contributed by atoms with Gasteiger partial charge in [-0.1, -0.05) is 144 Å². The molecule has 77 heavy (non-hydrogen) atoms. The van der Waals surface area contributed by atoms with Crippen LogP contribution in [0.25, 0.3) is 0 Å². The van der Waals surface area contributed by atoms with Gasteiger partial charge < -0.3 is 23.9 Å². The maximum atomic E-state index is 15.3. The SMILES string of the molecule is CCO[Si](CCCNC(=O)Nc1ccc(S(=O)(=O)N2C/C=C/CN(S(=O)(=O)c3c(C(C)C)cc(C(C)C)cc3C(C)C)C/C=C/CN(S(=O)(=O)c3c(C(C)C)cc(C(C)C)cc3C(C)C)C/C=C/C2)cc1)(OCC)OCC. The Bertz CT molecular complexity index is 2640. The zero-order valence-corrected chi connectivity index (χ0v) is 52.1. The minimum Gasteiger partial charge on any atom is -0.374 e. The number of carbonyl (C=O) groups is 1. The van der Waals surface area contributed by atoms with E-state index < -0.39 is 44.9 Å². The molecule has 1 aliphatic rings. The number of amides is 2. The van der Waals surface area contributed by atoms with Crippen molar-refractivity contribution in [2.75, 3.05) is 71.0 Å². The number of benzene rings is 3. The molecule has 3 aromatic rings. The molecule has 430 valence electrons. The first kappa shape index (κ1) is 65.5. The van der Waals surface area contributed by atoms with E-state index in [1.165, 1.54) is 37.2 Å². The second kappa shape index (κ2) is 29.4. The lowest BCUT2D eigenvalue weighted by molar-refractivity contribution is 0.0708. The fraction of sp³-hybridized carbons (Fsp3) is 0.569. The average molecular weight is 1140 g/mol. The van der Waals surface area contributed by atoms with Crippen molar-refractivity contribution in [1.82, 2.24) is 18.2 Å². The van der Waals surface area contributed by atoms with Crippen LogP contribution in [0, 0.1) is 0 Å². The molecule has 2 N–H and O–H groups in total. The average Bonchev–Trinajstić information content (AvgIpc) is 3.38. The summed E-state index contributed by atoms with van der Waals surface area (Å²) >= 11 is 0. The van der Waals surface area contributed by atoms with Crippen LogP contribution in [0.2, 0.25) is 6.04 Å². The predicted molar refractivity (Wildman–Crippen MR) is 315 cm³/mol. The van der Waals surface area contributed by atoms with Crippen LogP contribution >= 0.6 is 0 Å². The molecule has 15 nitrogen and oxygen atoms in total. The summed E-state index contributed by atoms with van der Waals surface area (Å²) in [6.45, 7) is 31.0. The van der Waals surface area contributed by atoms with Crippen molar-refractivity contribution in [2.45, 2.75) is 167 Å². The summed E-state index contributed by atoms with van der Waals surface area (Å²) in [4.78, 5) is 13.4. The maximum Gasteiger partial charge on any atom is 0.500 e. The van der Waals surface area contributed by atoms with E-state index in [1.807, 2.05) is 100 Å². The molecule has 1 heterocycles. The first-order valence-electron chi connectivity index (χ1n) is 27.6. The lowest BCUT2D eigenvalue weighted by atomic mass is 9.89. The number of carbonyl (C=O) groups excluding carboxylic acids is 1. The molecular weight excluding hydrogens is 1050 g/mol. The highest BCUT2D eigenvalue weighted by molar-refractivity contribution is 7.89. The monoisotopic (exact) mass is 1140 g/mol. The molecule has 4 rings (SSSR count). The molecule has 19 heteroatoms. The van der Waals surface area contributed by atoms with Crippen molar-refractivity contribution in [1.29, 1.82) is 0 Å². The third kappa shape index (κ3) is 17.2. The van der Waals surface area contributed by atoms with Gasteiger partial charge in [-0.2, -0.15) is 12.9 Å². The smallest absolute Gasteiger partial charge is 0.374 e. The highest BCUT2D eigenvalue weighted by Crippen LogP contribution is 2.39. The largest absolute Gasteiger partial charge is 0.500 e. The van der Waals surface area contributed by atoms with E-state index in [1.54, 1.807) is 36.5 Å². The summed E-state index contributed by atoms with van der Waals surface area (Å²) in [5.41, 5.74) is 5.36. The Morgan fingerprint density at radius 1 is 0.494 bits per heavy atom. The van der Waals surface area contributed by atoms with Gasteiger partial charge in [0, 0.05) is 77.4 Å². The maximum absolute atomic E-state index is 15.3. The quantitative estimate of drug-likeness (QED) is 0.0527. The van der Waals surface area contributed by atoms with Gasteiger partial charge in [-0.25, -0.2) is 30.0 Å². The second-order valence-corrected chi connectivity index (χ2v) is 29.8.